The number of nitrogens with two attached hydrogens (primary N) is 1. The third-order valence-electron chi connectivity index (χ3n) is 6.96. The molecule has 5 rings (SSSR count). The molecule has 2 saturated heterocycles. The molecule has 0 radical (unpaired) electrons. The van der Waals surface area contributed by atoms with E-state index in [-0.39, 0.29) is 23.9 Å². The molecule has 0 unspecified atom stereocenters. The zero-order valence-corrected chi connectivity index (χ0v) is 22.9. The molecule has 4 N–H and O–H groups in total. The summed E-state index contributed by atoms with van der Waals surface area (Å²) >= 11 is 6.21. The molecule has 2 aromatic carbocycles. The SMILES string of the molecule is NS(=O)(=O)N[C@@H]1CCN([C@H]2C[C@@H](C(=O)Nc3ccccc3)N(C(=O)C=Cc3cc(Cl)ccc3-n3cnnn3)C2)C1. The van der Waals surface area contributed by atoms with E-state index >= 15 is 0 Å². The minimum Gasteiger partial charge on any atom is -0.325 e. The zero-order valence-electron chi connectivity index (χ0n) is 21.3. The van der Waals surface area contributed by atoms with Gasteiger partial charge in [-0.3, -0.25) is 14.5 Å². The fourth-order valence-electron chi connectivity index (χ4n) is 5.16. The van der Waals surface area contributed by atoms with Crippen LogP contribution in [0.25, 0.3) is 11.8 Å². The fourth-order valence-corrected chi connectivity index (χ4v) is 6.00. The van der Waals surface area contributed by atoms with Crippen LogP contribution in [0.1, 0.15) is 18.4 Å². The van der Waals surface area contributed by atoms with E-state index < -0.39 is 16.3 Å². The predicted molar refractivity (Wildman–Crippen MR) is 148 cm³/mol. The van der Waals surface area contributed by atoms with Crippen LogP contribution in [0, 0.1) is 0 Å². The highest BCUT2D eigenvalue weighted by Gasteiger charge is 2.43. The average Bonchev–Trinajstić information content (AvgIpc) is 3.68. The van der Waals surface area contributed by atoms with Crippen LogP contribution in [-0.4, -0.2) is 88.0 Å². The summed E-state index contributed by atoms with van der Waals surface area (Å²) in [6.07, 6.45) is 5.43. The smallest absolute Gasteiger partial charge is 0.274 e. The minimum absolute atomic E-state index is 0.140. The van der Waals surface area contributed by atoms with Crippen LogP contribution in [-0.2, 0) is 19.8 Å². The fraction of sp³-hybridized carbons (Fsp3) is 0.320. The Balaban J connectivity index is 1.36. The van der Waals surface area contributed by atoms with E-state index in [1.807, 2.05) is 18.2 Å². The van der Waals surface area contributed by atoms with Gasteiger partial charge in [0.2, 0.25) is 11.8 Å². The number of para-hydroxylation sites is 1. The summed E-state index contributed by atoms with van der Waals surface area (Å²) in [7, 11) is -3.83. The highest BCUT2D eigenvalue weighted by atomic mass is 35.5. The van der Waals surface area contributed by atoms with Crippen molar-refractivity contribution in [2.45, 2.75) is 31.0 Å². The van der Waals surface area contributed by atoms with Crippen LogP contribution < -0.4 is 15.2 Å². The molecule has 15 heteroatoms. The molecule has 0 bridgehead atoms. The molecule has 0 saturated carbocycles. The van der Waals surface area contributed by atoms with Crippen molar-refractivity contribution in [1.29, 1.82) is 0 Å². The third-order valence-corrected chi connectivity index (χ3v) is 7.86. The predicted octanol–water partition coefficient (Wildman–Crippen LogP) is 0.805. The molecular weight excluding hydrogens is 558 g/mol. The summed E-state index contributed by atoms with van der Waals surface area (Å²) in [5.74, 6) is -0.650. The molecule has 2 amide bonds. The molecule has 3 heterocycles. The van der Waals surface area contributed by atoms with Gasteiger partial charge in [0.15, 0.2) is 0 Å². The molecule has 40 heavy (non-hydrogen) atoms. The quantitative estimate of drug-likeness (QED) is 0.326. The van der Waals surface area contributed by atoms with E-state index in [1.54, 1.807) is 41.3 Å². The Morgan fingerprint density at radius 2 is 1.93 bits per heavy atom. The molecule has 1 aromatic heterocycles. The first-order valence-corrected chi connectivity index (χ1v) is 14.5. The van der Waals surface area contributed by atoms with Gasteiger partial charge in [-0.2, -0.15) is 17.8 Å². The topological polar surface area (TPSA) is 168 Å². The number of rotatable bonds is 8. The van der Waals surface area contributed by atoms with E-state index in [9.17, 15) is 18.0 Å². The van der Waals surface area contributed by atoms with Crippen LogP contribution in [0.5, 0.6) is 0 Å². The first kappa shape index (κ1) is 27.9. The number of carbonyl (C=O) groups is 2. The summed E-state index contributed by atoms with van der Waals surface area (Å²) in [5.41, 5.74) is 1.87. The van der Waals surface area contributed by atoms with Gasteiger partial charge in [-0.25, -0.2) is 5.14 Å². The maximum atomic E-state index is 13.5. The Labute approximate surface area is 236 Å². The number of nitrogens with zero attached hydrogens (tertiary/aromatic N) is 6. The number of amides is 2. The molecule has 3 aromatic rings. The van der Waals surface area contributed by atoms with Crippen molar-refractivity contribution < 1.29 is 18.0 Å². The lowest BCUT2D eigenvalue weighted by Crippen LogP contribution is -2.43. The number of aromatic nitrogens is 4. The first-order valence-electron chi connectivity index (χ1n) is 12.6. The largest absolute Gasteiger partial charge is 0.325 e. The van der Waals surface area contributed by atoms with Gasteiger partial charge >= 0.3 is 0 Å². The van der Waals surface area contributed by atoms with Crippen molar-refractivity contribution in [3.8, 4) is 5.69 Å². The molecule has 0 spiro atoms. The van der Waals surface area contributed by atoms with Crippen molar-refractivity contribution in [2.24, 2.45) is 5.14 Å². The lowest BCUT2D eigenvalue weighted by atomic mass is 10.1. The summed E-state index contributed by atoms with van der Waals surface area (Å²) < 4.78 is 26.9. The standard InChI is InChI=1S/C25H28ClN9O4S/c26-18-7-8-22(35-16-28-31-32-35)17(12-18)6-9-24(36)34-15-21(33-11-10-20(14-33)30-40(27,38)39)13-23(34)25(37)29-19-4-2-1-3-5-19/h1-9,12,16,20-21,23,30H,10-11,13-15H2,(H,29,37)(H2,27,38,39)/t20-,21+,23+/m1/s1. The van der Waals surface area contributed by atoms with Crippen LogP contribution >= 0.6 is 11.6 Å². The van der Waals surface area contributed by atoms with Crippen molar-refractivity contribution in [2.75, 3.05) is 25.0 Å². The van der Waals surface area contributed by atoms with Gasteiger partial charge in [0.25, 0.3) is 10.2 Å². The number of benzene rings is 2. The number of anilines is 1. The monoisotopic (exact) mass is 585 g/mol. The van der Waals surface area contributed by atoms with Gasteiger partial charge in [-0.15, -0.1) is 5.10 Å². The second-order valence-electron chi connectivity index (χ2n) is 9.69. The molecular formula is C25H28ClN9O4S. The maximum absolute atomic E-state index is 13.5. The maximum Gasteiger partial charge on any atom is 0.274 e. The van der Waals surface area contributed by atoms with Crippen LogP contribution in [0.15, 0.2) is 60.9 Å². The minimum atomic E-state index is -3.83. The number of tetrazole rings is 1. The van der Waals surface area contributed by atoms with Crippen LogP contribution in [0.4, 0.5) is 5.69 Å². The molecule has 3 atom stereocenters. The van der Waals surface area contributed by atoms with Gasteiger partial charge in [-0.1, -0.05) is 29.8 Å². The second kappa shape index (κ2) is 11.8. The Kier molecular flexibility index (Phi) is 8.23. The highest BCUT2D eigenvalue weighted by Crippen LogP contribution is 2.28. The molecule has 2 fully saturated rings. The van der Waals surface area contributed by atoms with Crippen molar-refractivity contribution in [3.05, 3.63) is 71.5 Å². The molecule has 210 valence electrons. The van der Waals surface area contributed by atoms with Gasteiger partial charge in [0.05, 0.1) is 5.69 Å². The van der Waals surface area contributed by atoms with Crippen molar-refractivity contribution in [1.82, 2.24) is 34.7 Å². The van der Waals surface area contributed by atoms with E-state index in [1.165, 1.54) is 17.1 Å². The Morgan fingerprint density at radius 1 is 1.12 bits per heavy atom. The average molecular weight is 586 g/mol. The molecule has 2 aliphatic rings. The Morgan fingerprint density at radius 3 is 2.65 bits per heavy atom. The lowest BCUT2D eigenvalue weighted by Gasteiger charge is -2.24. The summed E-state index contributed by atoms with van der Waals surface area (Å²) in [6.45, 7) is 1.35. The summed E-state index contributed by atoms with van der Waals surface area (Å²) in [5, 5.41) is 19.8. The van der Waals surface area contributed by atoms with Gasteiger partial charge in [-0.05, 0) is 59.7 Å². The van der Waals surface area contributed by atoms with Crippen molar-refractivity contribution in [3.63, 3.8) is 0 Å². The van der Waals surface area contributed by atoms with E-state index in [0.29, 0.717) is 54.4 Å². The second-order valence-corrected chi connectivity index (χ2v) is 11.4. The first-order chi connectivity index (χ1) is 19.2. The summed E-state index contributed by atoms with van der Waals surface area (Å²) in [4.78, 5) is 30.5. The number of carbonyl (C=O) groups excluding carboxylic acids is 2. The van der Waals surface area contributed by atoms with Crippen LogP contribution in [0.2, 0.25) is 5.02 Å². The molecule has 2 aliphatic heterocycles. The lowest BCUT2D eigenvalue weighted by molar-refractivity contribution is -0.132. The van der Waals surface area contributed by atoms with E-state index in [0.717, 1.165) is 0 Å². The number of hydrogen-bond acceptors (Lipinski definition) is 8. The number of nitrogens with one attached hydrogen (secondary N) is 2. The van der Waals surface area contributed by atoms with E-state index in [4.69, 9.17) is 16.7 Å². The summed E-state index contributed by atoms with van der Waals surface area (Å²) in [6, 6.07) is 13.0. The number of halogens is 1. The Bertz CT molecular complexity index is 1500. The number of likely N-dealkylation sites (tertiary alicyclic amines) is 2. The number of hydrogen-bond donors (Lipinski definition) is 3. The van der Waals surface area contributed by atoms with Crippen molar-refractivity contribution >= 4 is 45.4 Å². The van der Waals surface area contributed by atoms with Crippen LogP contribution in [0.3, 0.4) is 0 Å². The normalized spacial score (nSPS) is 21.8. The third kappa shape index (κ3) is 6.71. The van der Waals surface area contributed by atoms with Gasteiger partial charge in [0.1, 0.15) is 12.4 Å². The van der Waals surface area contributed by atoms with Gasteiger partial charge < -0.3 is 10.2 Å². The zero-order chi connectivity index (χ0) is 28.3. The van der Waals surface area contributed by atoms with Gasteiger partial charge in [0, 0.05) is 54.1 Å². The highest BCUT2D eigenvalue weighted by molar-refractivity contribution is 7.87. The molecule has 0 aliphatic carbocycles. The van der Waals surface area contributed by atoms with E-state index in [2.05, 4.69) is 30.5 Å². The molecule has 13 nitrogen and oxygen atoms in total. The Hall–Kier alpha value is -3.69.